The van der Waals surface area contributed by atoms with Crippen molar-refractivity contribution >= 4 is 10.9 Å². The monoisotopic (exact) mass is 325 g/mol. The molecule has 0 amide bonds. The molecule has 2 aromatic rings. The maximum absolute atomic E-state index is 9.94. The molecule has 1 heterocycles. The molecule has 1 atom stereocenters. The van der Waals surface area contributed by atoms with Gasteiger partial charge in [0, 0.05) is 11.1 Å². The topological polar surface area (TPSA) is 33.1 Å². The minimum atomic E-state index is 0.275. The molecule has 0 fully saturated rings. The van der Waals surface area contributed by atoms with E-state index < -0.39 is 0 Å². The summed E-state index contributed by atoms with van der Waals surface area (Å²) in [7, 11) is 0. The van der Waals surface area contributed by atoms with Crippen molar-refractivity contribution in [2.24, 2.45) is 5.92 Å². The summed E-state index contributed by atoms with van der Waals surface area (Å²) < 4.78 is 0. The molecule has 0 aliphatic carbocycles. The van der Waals surface area contributed by atoms with Crippen LogP contribution in [0.4, 0.5) is 0 Å². The van der Waals surface area contributed by atoms with Crippen molar-refractivity contribution in [3.05, 3.63) is 48.2 Å². The van der Waals surface area contributed by atoms with Crippen LogP contribution in [0.25, 0.3) is 10.9 Å². The largest absolute Gasteiger partial charge is 0.506 e. The Morgan fingerprint density at radius 2 is 1.83 bits per heavy atom. The van der Waals surface area contributed by atoms with Gasteiger partial charge < -0.3 is 5.11 Å². The number of rotatable bonds is 10. The van der Waals surface area contributed by atoms with Crippen LogP contribution in [0.15, 0.2) is 42.5 Å². The van der Waals surface area contributed by atoms with Crippen molar-refractivity contribution in [1.29, 1.82) is 0 Å². The first kappa shape index (κ1) is 18.5. The predicted molar refractivity (Wildman–Crippen MR) is 103 cm³/mol. The summed E-state index contributed by atoms with van der Waals surface area (Å²) in [6.07, 6.45) is 14.5. The van der Waals surface area contributed by atoms with Gasteiger partial charge in [-0.15, -0.1) is 0 Å². The van der Waals surface area contributed by atoms with Crippen molar-refractivity contribution < 1.29 is 5.11 Å². The second-order valence-corrected chi connectivity index (χ2v) is 6.86. The van der Waals surface area contributed by atoms with Gasteiger partial charge in [0.15, 0.2) is 0 Å². The number of nitrogens with zero attached hydrogens (tertiary/aromatic N) is 1. The molecule has 1 aromatic heterocycles. The van der Waals surface area contributed by atoms with Crippen LogP contribution in [0.5, 0.6) is 5.75 Å². The Bertz CT molecular complexity index is 647. The Kier molecular flexibility index (Phi) is 7.81. The number of allylic oxidation sites excluding steroid dienone is 2. The summed E-state index contributed by atoms with van der Waals surface area (Å²) in [6, 6.07) is 9.71. The molecule has 0 spiro atoms. The summed E-state index contributed by atoms with van der Waals surface area (Å²) in [4.78, 5) is 4.64. The fraction of sp³-hybridized carbons (Fsp3) is 0.500. The number of hydrogen-bond donors (Lipinski definition) is 1. The highest BCUT2D eigenvalue weighted by molar-refractivity contribution is 5.84. The number of para-hydroxylation sites is 1. The van der Waals surface area contributed by atoms with Gasteiger partial charge in [0.05, 0.1) is 0 Å². The molecule has 2 heteroatoms. The Balaban J connectivity index is 1.73. The molecule has 1 unspecified atom stereocenters. The third kappa shape index (κ3) is 5.99. The lowest BCUT2D eigenvalue weighted by Gasteiger charge is -2.11. The molecule has 0 saturated heterocycles. The summed E-state index contributed by atoms with van der Waals surface area (Å²) in [5.41, 5.74) is 1.80. The summed E-state index contributed by atoms with van der Waals surface area (Å²) in [5.74, 6) is 0.904. The Morgan fingerprint density at radius 3 is 2.62 bits per heavy atom. The number of pyridine rings is 1. The molecule has 1 N–H and O–H groups in total. The Labute approximate surface area is 146 Å². The number of phenolic OH excluding ortho intramolecular Hbond substituents is 1. The highest BCUT2D eigenvalue weighted by Gasteiger charge is 2.07. The Morgan fingerprint density at radius 1 is 1.04 bits per heavy atom. The summed E-state index contributed by atoms with van der Waals surface area (Å²) in [6.45, 7) is 4.54. The summed E-state index contributed by atoms with van der Waals surface area (Å²) in [5, 5.41) is 10.9. The number of hydrogen-bond acceptors (Lipinski definition) is 2. The van der Waals surface area contributed by atoms with Crippen LogP contribution in [-0.2, 0) is 6.42 Å². The van der Waals surface area contributed by atoms with Gasteiger partial charge in [-0.05, 0) is 43.7 Å². The van der Waals surface area contributed by atoms with E-state index in [2.05, 4.69) is 43.1 Å². The number of aromatic nitrogens is 1. The fourth-order valence-corrected chi connectivity index (χ4v) is 3.06. The van der Waals surface area contributed by atoms with Gasteiger partial charge in [-0.2, -0.15) is 0 Å². The zero-order valence-corrected chi connectivity index (χ0v) is 15.2. The van der Waals surface area contributed by atoms with E-state index in [0.717, 1.165) is 23.0 Å². The van der Waals surface area contributed by atoms with Gasteiger partial charge in [0.2, 0.25) is 0 Å². The van der Waals surface area contributed by atoms with Crippen LogP contribution in [0.1, 0.15) is 64.5 Å². The SMILES string of the molecule is CCCCC=CCCCCC(C)Cc1ccc2cccc(O)c2n1. The van der Waals surface area contributed by atoms with Crippen molar-refractivity contribution in [2.75, 3.05) is 0 Å². The van der Waals surface area contributed by atoms with Crippen LogP contribution in [0, 0.1) is 5.92 Å². The predicted octanol–water partition coefficient (Wildman–Crippen LogP) is 6.43. The summed E-state index contributed by atoms with van der Waals surface area (Å²) >= 11 is 0. The second kappa shape index (κ2) is 10.1. The maximum Gasteiger partial charge on any atom is 0.141 e. The lowest BCUT2D eigenvalue weighted by molar-refractivity contribution is 0.478. The molecule has 1 aromatic carbocycles. The molecule has 0 radical (unpaired) electrons. The lowest BCUT2D eigenvalue weighted by atomic mass is 9.97. The number of fused-ring (bicyclic) bond motifs is 1. The third-order valence-corrected chi connectivity index (χ3v) is 4.52. The quantitative estimate of drug-likeness (QED) is 0.403. The first-order valence-electron chi connectivity index (χ1n) is 9.43. The van der Waals surface area contributed by atoms with Gasteiger partial charge in [0.1, 0.15) is 11.3 Å². The van der Waals surface area contributed by atoms with E-state index in [9.17, 15) is 5.11 Å². The molecule has 2 nitrogen and oxygen atoms in total. The van der Waals surface area contributed by atoms with E-state index in [0.29, 0.717) is 5.92 Å². The molecular formula is C22H31NO. The average molecular weight is 325 g/mol. The van der Waals surface area contributed by atoms with E-state index in [4.69, 9.17) is 0 Å². The average Bonchev–Trinajstić information content (AvgIpc) is 2.58. The van der Waals surface area contributed by atoms with E-state index in [1.807, 2.05) is 12.1 Å². The fourth-order valence-electron chi connectivity index (χ4n) is 3.06. The highest BCUT2D eigenvalue weighted by Crippen LogP contribution is 2.23. The zero-order valence-electron chi connectivity index (χ0n) is 15.2. The third-order valence-electron chi connectivity index (χ3n) is 4.52. The standard InChI is InChI=1S/C22H31NO/c1-3-4-5-6-7-8-9-10-12-18(2)17-20-16-15-19-13-11-14-21(24)22(19)23-20/h6-7,11,13-16,18,24H,3-5,8-10,12,17H2,1-2H3. The van der Waals surface area contributed by atoms with Crippen molar-refractivity contribution in [2.45, 2.75) is 65.2 Å². The van der Waals surface area contributed by atoms with E-state index >= 15 is 0 Å². The first-order chi connectivity index (χ1) is 11.7. The first-order valence-corrected chi connectivity index (χ1v) is 9.43. The van der Waals surface area contributed by atoms with Gasteiger partial charge in [0.25, 0.3) is 0 Å². The maximum atomic E-state index is 9.94. The lowest BCUT2D eigenvalue weighted by Crippen LogP contribution is -2.02. The van der Waals surface area contributed by atoms with Crippen molar-refractivity contribution in [3.8, 4) is 5.75 Å². The molecule has 0 aliphatic rings. The Hall–Kier alpha value is -1.83. The van der Waals surface area contributed by atoms with Crippen LogP contribution in [0.3, 0.4) is 0 Å². The van der Waals surface area contributed by atoms with Crippen molar-refractivity contribution in [1.82, 2.24) is 4.98 Å². The van der Waals surface area contributed by atoms with E-state index in [1.54, 1.807) is 6.07 Å². The van der Waals surface area contributed by atoms with E-state index in [1.165, 1.54) is 44.9 Å². The minimum absolute atomic E-state index is 0.275. The minimum Gasteiger partial charge on any atom is -0.506 e. The van der Waals surface area contributed by atoms with Crippen LogP contribution >= 0.6 is 0 Å². The van der Waals surface area contributed by atoms with Gasteiger partial charge in [-0.3, -0.25) is 0 Å². The smallest absolute Gasteiger partial charge is 0.141 e. The molecule has 0 aliphatic heterocycles. The van der Waals surface area contributed by atoms with Crippen LogP contribution < -0.4 is 0 Å². The van der Waals surface area contributed by atoms with Gasteiger partial charge >= 0.3 is 0 Å². The zero-order chi connectivity index (χ0) is 17.2. The number of unbranched alkanes of at least 4 members (excludes halogenated alkanes) is 4. The number of aromatic hydroxyl groups is 1. The van der Waals surface area contributed by atoms with Gasteiger partial charge in [-0.1, -0.05) is 69.9 Å². The van der Waals surface area contributed by atoms with E-state index in [-0.39, 0.29) is 5.75 Å². The number of benzene rings is 1. The van der Waals surface area contributed by atoms with Crippen LogP contribution in [0.2, 0.25) is 0 Å². The molecule has 0 saturated carbocycles. The molecule has 0 bridgehead atoms. The molecule has 2 rings (SSSR count). The normalized spacial score (nSPS) is 12.9. The number of phenols is 1. The van der Waals surface area contributed by atoms with Crippen molar-refractivity contribution in [3.63, 3.8) is 0 Å². The van der Waals surface area contributed by atoms with Crippen LogP contribution in [-0.4, -0.2) is 10.1 Å². The molecule has 130 valence electrons. The van der Waals surface area contributed by atoms with Gasteiger partial charge in [-0.25, -0.2) is 4.98 Å². The second-order valence-electron chi connectivity index (χ2n) is 6.86. The highest BCUT2D eigenvalue weighted by atomic mass is 16.3. The molecule has 24 heavy (non-hydrogen) atoms. The molecular weight excluding hydrogens is 294 g/mol.